The molecule has 0 unspecified atom stereocenters. The fraction of sp³-hybridized carbons (Fsp3) is 0.444. The number of fused-ring (bicyclic) bond motifs is 1. The molecule has 0 bridgehead atoms. The van der Waals surface area contributed by atoms with E-state index in [1.54, 1.807) is 25.4 Å². The van der Waals surface area contributed by atoms with Gasteiger partial charge in [0.15, 0.2) is 6.29 Å². The average molecular weight is 333 g/mol. The smallest absolute Gasteiger partial charge is 0.419 e. The van der Waals surface area contributed by atoms with Crippen molar-refractivity contribution in [3.05, 3.63) is 29.5 Å². The molecule has 2 aromatic rings. The van der Waals surface area contributed by atoms with Crippen LogP contribution >= 0.6 is 0 Å². The molecule has 0 saturated carbocycles. The van der Waals surface area contributed by atoms with Crippen LogP contribution < -0.4 is 4.74 Å². The van der Waals surface area contributed by atoms with Crippen LogP contribution in [0, 0.1) is 6.92 Å². The highest BCUT2D eigenvalue weighted by Gasteiger charge is 2.22. The minimum atomic E-state index is -0.599. The van der Waals surface area contributed by atoms with Crippen LogP contribution in [0.3, 0.4) is 0 Å². The number of rotatable bonds is 5. The van der Waals surface area contributed by atoms with Crippen LogP contribution in [-0.2, 0) is 9.47 Å². The molecule has 6 nitrogen and oxygen atoms in total. The summed E-state index contributed by atoms with van der Waals surface area (Å²) in [5, 5.41) is 0.656. The second-order valence-electron chi connectivity index (χ2n) is 6.49. The van der Waals surface area contributed by atoms with Crippen LogP contribution in [-0.4, -0.2) is 42.9 Å². The lowest BCUT2D eigenvalue weighted by molar-refractivity contribution is 0.0544. The van der Waals surface area contributed by atoms with Gasteiger partial charge in [0.25, 0.3) is 0 Å². The first-order valence-electron chi connectivity index (χ1n) is 7.73. The zero-order valence-corrected chi connectivity index (χ0v) is 14.7. The van der Waals surface area contributed by atoms with Gasteiger partial charge in [0, 0.05) is 18.7 Å². The number of carbonyl (C=O) groups is 2. The van der Waals surface area contributed by atoms with Crippen molar-refractivity contribution in [1.82, 2.24) is 4.57 Å². The van der Waals surface area contributed by atoms with Crippen LogP contribution in [0.15, 0.2) is 18.3 Å². The Morgan fingerprint density at radius 2 is 2.00 bits per heavy atom. The molecule has 6 heteroatoms. The van der Waals surface area contributed by atoms with E-state index in [0.29, 0.717) is 35.4 Å². The highest BCUT2D eigenvalue weighted by Crippen LogP contribution is 2.31. The SMILES string of the molecule is COCCOc1cc(C)c2c(ccn2C(=O)OC(C)(C)C)c1C=O. The molecular formula is C18H23NO5. The Bertz CT molecular complexity index is 755. The summed E-state index contributed by atoms with van der Waals surface area (Å²) in [5.74, 6) is 0.481. The number of aryl methyl sites for hydroxylation is 1. The predicted octanol–water partition coefficient (Wildman–Crippen LogP) is 3.57. The van der Waals surface area contributed by atoms with Crippen LogP contribution in [0.2, 0.25) is 0 Å². The van der Waals surface area contributed by atoms with Gasteiger partial charge in [-0.15, -0.1) is 0 Å². The summed E-state index contributed by atoms with van der Waals surface area (Å²) in [7, 11) is 1.58. The predicted molar refractivity (Wildman–Crippen MR) is 91.1 cm³/mol. The van der Waals surface area contributed by atoms with E-state index in [1.165, 1.54) is 4.57 Å². The van der Waals surface area contributed by atoms with Gasteiger partial charge in [-0.05, 0) is 45.4 Å². The van der Waals surface area contributed by atoms with E-state index in [4.69, 9.17) is 14.2 Å². The zero-order chi connectivity index (χ0) is 17.9. The first-order chi connectivity index (χ1) is 11.3. The molecular weight excluding hydrogens is 310 g/mol. The zero-order valence-electron chi connectivity index (χ0n) is 14.7. The fourth-order valence-corrected chi connectivity index (χ4v) is 2.47. The molecule has 0 N–H and O–H groups in total. The van der Waals surface area contributed by atoms with Crippen LogP contribution in [0.4, 0.5) is 4.79 Å². The minimum Gasteiger partial charge on any atom is -0.490 e. The van der Waals surface area contributed by atoms with Gasteiger partial charge in [-0.2, -0.15) is 0 Å². The number of aldehydes is 1. The van der Waals surface area contributed by atoms with Crippen molar-refractivity contribution in [1.29, 1.82) is 0 Å². The summed E-state index contributed by atoms with van der Waals surface area (Å²) in [6.07, 6.45) is 1.87. The summed E-state index contributed by atoms with van der Waals surface area (Å²) in [5.41, 5.74) is 1.27. The van der Waals surface area contributed by atoms with Crippen LogP contribution in [0.5, 0.6) is 5.75 Å². The Balaban J connectivity index is 2.49. The van der Waals surface area contributed by atoms with Gasteiger partial charge < -0.3 is 14.2 Å². The maximum Gasteiger partial charge on any atom is 0.419 e. The average Bonchev–Trinajstić information content (AvgIpc) is 2.91. The molecule has 0 aliphatic heterocycles. The molecule has 1 aromatic carbocycles. The summed E-state index contributed by atoms with van der Waals surface area (Å²) < 4.78 is 17.4. The number of benzene rings is 1. The highest BCUT2D eigenvalue weighted by atomic mass is 16.6. The molecule has 0 radical (unpaired) electrons. The molecule has 0 amide bonds. The van der Waals surface area contributed by atoms with Gasteiger partial charge in [-0.3, -0.25) is 9.36 Å². The van der Waals surface area contributed by atoms with Crippen molar-refractivity contribution in [3.63, 3.8) is 0 Å². The lowest BCUT2D eigenvalue weighted by Crippen LogP contribution is -2.26. The summed E-state index contributed by atoms with van der Waals surface area (Å²) in [6.45, 7) is 8.05. The number of ether oxygens (including phenoxy) is 3. The lowest BCUT2D eigenvalue weighted by atomic mass is 10.1. The quantitative estimate of drug-likeness (QED) is 0.618. The third-order valence-corrected chi connectivity index (χ3v) is 3.42. The largest absolute Gasteiger partial charge is 0.490 e. The van der Waals surface area contributed by atoms with Gasteiger partial charge in [0.1, 0.15) is 18.0 Å². The first-order valence-corrected chi connectivity index (χ1v) is 7.73. The topological polar surface area (TPSA) is 66.8 Å². The monoisotopic (exact) mass is 333 g/mol. The van der Waals surface area contributed by atoms with E-state index >= 15 is 0 Å². The standard InChI is InChI=1S/C18H23NO5/c1-12-10-15(23-9-8-22-5)14(11-20)13-6-7-19(16(12)13)17(21)24-18(2,3)4/h6-7,10-11H,8-9H2,1-5H3. The van der Waals surface area contributed by atoms with E-state index in [-0.39, 0.29) is 0 Å². The van der Waals surface area contributed by atoms with Gasteiger partial charge in [0.05, 0.1) is 17.7 Å². The van der Waals surface area contributed by atoms with E-state index in [2.05, 4.69) is 0 Å². The Hall–Kier alpha value is -2.34. The highest BCUT2D eigenvalue weighted by molar-refractivity contribution is 6.03. The maximum absolute atomic E-state index is 12.4. The van der Waals surface area contributed by atoms with Crippen molar-refractivity contribution in [2.75, 3.05) is 20.3 Å². The Kier molecular flexibility index (Phi) is 5.29. The van der Waals surface area contributed by atoms with Crippen molar-refractivity contribution in [3.8, 4) is 5.75 Å². The second kappa shape index (κ2) is 7.05. The van der Waals surface area contributed by atoms with Gasteiger partial charge in [0.2, 0.25) is 0 Å². The van der Waals surface area contributed by atoms with Crippen molar-refractivity contribution in [2.24, 2.45) is 0 Å². The van der Waals surface area contributed by atoms with E-state index in [1.807, 2.05) is 27.7 Å². The number of carbonyl (C=O) groups excluding carboxylic acids is 2. The molecule has 1 heterocycles. The third-order valence-electron chi connectivity index (χ3n) is 3.42. The van der Waals surface area contributed by atoms with Gasteiger partial charge in [-0.1, -0.05) is 0 Å². The molecule has 0 aliphatic rings. The minimum absolute atomic E-state index is 0.342. The lowest BCUT2D eigenvalue weighted by Gasteiger charge is -2.20. The van der Waals surface area contributed by atoms with E-state index < -0.39 is 11.7 Å². The first kappa shape index (κ1) is 18.0. The normalized spacial score (nSPS) is 11.5. The van der Waals surface area contributed by atoms with Gasteiger partial charge >= 0.3 is 6.09 Å². The summed E-state index contributed by atoms with van der Waals surface area (Å²) >= 11 is 0. The summed E-state index contributed by atoms with van der Waals surface area (Å²) in [6, 6.07) is 3.47. The Labute approximate surface area is 141 Å². The van der Waals surface area contributed by atoms with Crippen molar-refractivity contribution >= 4 is 23.3 Å². The third kappa shape index (κ3) is 3.76. The Morgan fingerprint density at radius 1 is 1.29 bits per heavy atom. The molecule has 2 rings (SSSR count). The molecule has 0 fully saturated rings. The number of aromatic nitrogens is 1. The molecule has 0 spiro atoms. The van der Waals surface area contributed by atoms with Crippen molar-refractivity contribution in [2.45, 2.75) is 33.3 Å². The summed E-state index contributed by atoms with van der Waals surface area (Å²) in [4.78, 5) is 23.9. The number of hydrogen-bond donors (Lipinski definition) is 0. The van der Waals surface area contributed by atoms with Crippen LogP contribution in [0.1, 0.15) is 36.7 Å². The molecule has 130 valence electrons. The van der Waals surface area contributed by atoms with Crippen molar-refractivity contribution < 1.29 is 23.8 Å². The van der Waals surface area contributed by atoms with E-state index in [0.717, 1.165) is 11.8 Å². The molecule has 0 aliphatic carbocycles. The number of nitrogens with zero attached hydrogens (tertiary/aromatic N) is 1. The molecule has 0 atom stereocenters. The number of hydrogen-bond acceptors (Lipinski definition) is 5. The fourth-order valence-electron chi connectivity index (χ4n) is 2.47. The molecule has 1 aromatic heterocycles. The molecule has 24 heavy (non-hydrogen) atoms. The Morgan fingerprint density at radius 3 is 2.58 bits per heavy atom. The second-order valence-corrected chi connectivity index (χ2v) is 6.49. The van der Waals surface area contributed by atoms with Gasteiger partial charge in [-0.25, -0.2) is 4.79 Å². The maximum atomic E-state index is 12.4. The van der Waals surface area contributed by atoms with E-state index in [9.17, 15) is 9.59 Å². The van der Waals surface area contributed by atoms with Crippen LogP contribution in [0.25, 0.3) is 10.9 Å². The number of methoxy groups -OCH3 is 1. The molecule has 0 saturated heterocycles.